The number of rotatable bonds is 6. The van der Waals surface area contributed by atoms with Gasteiger partial charge in [-0.1, -0.05) is 12.1 Å². The number of urea groups is 1. The number of halogens is 1. The van der Waals surface area contributed by atoms with Gasteiger partial charge in [-0.25, -0.2) is 9.18 Å². The van der Waals surface area contributed by atoms with E-state index in [1.54, 1.807) is 19.1 Å². The van der Waals surface area contributed by atoms with Crippen LogP contribution in [0.3, 0.4) is 0 Å². The Morgan fingerprint density at radius 2 is 1.85 bits per heavy atom. The summed E-state index contributed by atoms with van der Waals surface area (Å²) in [6.45, 7) is 3.04. The minimum absolute atomic E-state index is 0.0202. The van der Waals surface area contributed by atoms with Gasteiger partial charge >= 0.3 is 6.03 Å². The fourth-order valence-corrected chi connectivity index (χ4v) is 5.18. The molecule has 6 nitrogen and oxygen atoms in total. The predicted molar refractivity (Wildman–Crippen MR) is 129 cm³/mol. The van der Waals surface area contributed by atoms with E-state index in [0.29, 0.717) is 38.4 Å². The first kappa shape index (κ1) is 23.9. The maximum absolute atomic E-state index is 14.4. The molecule has 2 aromatic carbocycles. The number of nitrogens with zero attached hydrogens (tertiary/aromatic N) is 2. The Kier molecular flexibility index (Phi) is 7.78. The van der Waals surface area contributed by atoms with E-state index in [4.69, 9.17) is 14.2 Å². The van der Waals surface area contributed by atoms with Gasteiger partial charge in [0.25, 0.3) is 0 Å². The topological polar surface area (TPSA) is 51.2 Å². The summed E-state index contributed by atoms with van der Waals surface area (Å²) < 4.78 is 31.5. The molecule has 0 spiro atoms. The first-order chi connectivity index (χ1) is 16.0. The Labute approximate surface area is 199 Å². The zero-order chi connectivity index (χ0) is 23.3. The summed E-state index contributed by atoms with van der Waals surface area (Å²) in [6, 6.07) is 12.5. The van der Waals surface area contributed by atoms with Crippen molar-refractivity contribution in [2.24, 2.45) is 0 Å². The van der Waals surface area contributed by atoms with Crippen LogP contribution in [0.4, 0.5) is 14.9 Å². The monoisotopic (exact) mass is 474 g/mol. The number of carbonyl (C=O) groups excluding carboxylic acids is 1. The molecule has 2 aliphatic heterocycles. The Morgan fingerprint density at radius 1 is 1.15 bits per heavy atom. The molecule has 0 aliphatic carbocycles. The zero-order valence-corrected chi connectivity index (χ0v) is 20.0. The molecule has 2 aliphatic rings. The molecule has 8 heteroatoms. The molecule has 0 N–H and O–H groups in total. The number of thioether (sulfide) groups is 1. The van der Waals surface area contributed by atoms with Gasteiger partial charge in [0.2, 0.25) is 0 Å². The summed E-state index contributed by atoms with van der Waals surface area (Å²) in [5.41, 5.74) is 1.99. The molecule has 2 aromatic rings. The first-order valence-electron chi connectivity index (χ1n) is 11.3. The van der Waals surface area contributed by atoms with Crippen LogP contribution in [0.25, 0.3) is 0 Å². The van der Waals surface area contributed by atoms with Gasteiger partial charge in [0.15, 0.2) is 0 Å². The van der Waals surface area contributed by atoms with Gasteiger partial charge in [0.05, 0.1) is 5.60 Å². The van der Waals surface area contributed by atoms with Crippen LogP contribution in [0.2, 0.25) is 0 Å². The molecule has 178 valence electrons. The maximum Gasteiger partial charge on any atom is 0.324 e. The largest absolute Gasteiger partial charge is 0.489 e. The third-order valence-corrected chi connectivity index (χ3v) is 7.33. The molecule has 0 aromatic heterocycles. The molecule has 0 radical (unpaired) electrons. The van der Waals surface area contributed by atoms with E-state index in [-0.39, 0.29) is 11.8 Å². The Bertz CT molecular complexity index is 944. The zero-order valence-electron chi connectivity index (χ0n) is 19.2. The second-order valence-corrected chi connectivity index (χ2v) is 9.61. The lowest BCUT2D eigenvalue weighted by Gasteiger charge is -2.36. The number of anilines is 1. The van der Waals surface area contributed by atoms with Crippen molar-refractivity contribution < 1.29 is 23.4 Å². The van der Waals surface area contributed by atoms with Gasteiger partial charge in [-0.15, -0.1) is 0 Å². The van der Waals surface area contributed by atoms with Crippen LogP contribution in [0, 0.1) is 5.82 Å². The number of benzene rings is 2. The van der Waals surface area contributed by atoms with Crippen molar-refractivity contribution in [3.05, 3.63) is 59.4 Å². The van der Waals surface area contributed by atoms with Crippen LogP contribution >= 0.6 is 11.8 Å². The molecule has 4 rings (SSSR count). The van der Waals surface area contributed by atoms with Crippen molar-refractivity contribution in [3.8, 4) is 5.75 Å². The minimum atomic E-state index is -0.551. The Morgan fingerprint density at radius 3 is 2.52 bits per heavy atom. The number of hydrogen-bond donors (Lipinski definition) is 0. The lowest BCUT2D eigenvalue weighted by molar-refractivity contribution is -0.0950. The van der Waals surface area contributed by atoms with E-state index < -0.39 is 5.60 Å². The number of hydrogen-bond acceptors (Lipinski definition) is 5. The van der Waals surface area contributed by atoms with Gasteiger partial charge in [-0.3, -0.25) is 4.90 Å². The van der Waals surface area contributed by atoms with Crippen LogP contribution < -0.4 is 9.64 Å². The Balaban J connectivity index is 1.40. The van der Waals surface area contributed by atoms with Crippen LogP contribution in [0.1, 0.15) is 24.0 Å². The van der Waals surface area contributed by atoms with Crippen LogP contribution in [-0.4, -0.2) is 62.9 Å². The quantitative estimate of drug-likeness (QED) is 0.610. The molecule has 0 unspecified atom stereocenters. The van der Waals surface area contributed by atoms with E-state index in [9.17, 15) is 9.18 Å². The number of methoxy groups -OCH3 is 1. The summed E-state index contributed by atoms with van der Waals surface area (Å²) in [6.07, 6.45) is 1.35. The molecule has 0 bridgehead atoms. The number of ether oxygens (including phenoxy) is 3. The molecule has 0 saturated carbocycles. The minimum Gasteiger partial charge on any atom is -0.489 e. The van der Waals surface area contributed by atoms with E-state index in [1.165, 1.54) is 12.1 Å². The van der Waals surface area contributed by atoms with E-state index >= 15 is 0 Å². The smallest absolute Gasteiger partial charge is 0.324 e. The van der Waals surface area contributed by atoms with Gasteiger partial charge in [-0.05, 0) is 35.4 Å². The van der Waals surface area contributed by atoms with Crippen molar-refractivity contribution in [1.82, 2.24) is 4.90 Å². The third-order valence-electron chi connectivity index (χ3n) is 6.39. The molecule has 2 amide bonds. The van der Waals surface area contributed by atoms with Crippen molar-refractivity contribution in [1.29, 1.82) is 0 Å². The highest BCUT2D eigenvalue weighted by atomic mass is 32.2. The van der Waals surface area contributed by atoms with E-state index in [1.807, 2.05) is 47.0 Å². The van der Waals surface area contributed by atoms with Gasteiger partial charge < -0.3 is 19.1 Å². The van der Waals surface area contributed by atoms with Crippen molar-refractivity contribution in [3.63, 3.8) is 0 Å². The lowest BCUT2D eigenvalue weighted by atomic mass is 9.86. The van der Waals surface area contributed by atoms with E-state index in [2.05, 4.69) is 0 Å². The third kappa shape index (κ3) is 5.62. The summed E-state index contributed by atoms with van der Waals surface area (Å²) in [4.78, 5) is 16.3. The SMILES string of the molecule is COC1(c2cc(F)cc(OCc3ccc(N(C)C(=O)N4CCSCC4)cc3)c2)CCOCC1. The molecule has 0 atom stereocenters. The molecule has 2 fully saturated rings. The average Bonchev–Trinajstić information content (AvgIpc) is 2.87. The van der Waals surface area contributed by atoms with Crippen LogP contribution in [0.15, 0.2) is 42.5 Å². The van der Waals surface area contributed by atoms with Crippen LogP contribution in [-0.2, 0) is 21.7 Å². The maximum atomic E-state index is 14.4. The molecule has 33 heavy (non-hydrogen) atoms. The van der Waals surface area contributed by atoms with Gasteiger partial charge in [0.1, 0.15) is 18.2 Å². The summed E-state index contributed by atoms with van der Waals surface area (Å²) in [7, 11) is 3.45. The highest BCUT2D eigenvalue weighted by Crippen LogP contribution is 2.37. The number of carbonyl (C=O) groups is 1. The highest BCUT2D eigenvalue weighted by molar-refractivity contribution is 7.99. The van der Waals surface area contributed by atoms with Crippen LogP contribution in [0.5, 0.6) is 5.75 Å². The fraction of sp³-hybridized carbons (Fsp3) is 0.480. The summed E-state index contributed by atoms with van der Waals surface area (Å²) in [5.74, 6) is 2.08. The molecular formula is C25H31FN2O4S. The van der Waals surface area contributed by atoms with Crippen molar-refractivity contribution >= 4 is 23.5 Å². The first-order valence-corrected chi connectivity index (χ1v) is 12.4. The Hall–Kier alpha value is -2.29. The second-order valence-electron chi connectivity index (χ2n) is 8.38. The normalized spacial score (nSPS) is 18.1. The average molecular weight is 475 g/mol. The van der Waals surface area contributed by atoms with Crippen molar-refractivity contribution in [2.75, 3.05) is 56.9 Å². The predicted octanol–water partition coefficient (Wildman–Crippen LogP) is 4.66. The number of amides is 2. The van der Waals surface area contributed by atoms with E-state index in [0.717, 1.165) is 41.4 Å². The summed E-state index contributed by atoms with van der Waals surface area (Å²) in [5, 5.41) is 0. The van der Waals surface area contributed by atoms with Gasteiger partial charge in [-0.2, -0.15) is 11.8 Å². The molecule has 2 saturated heterocycles. The summed E-state index contributed by atoms with van der Waals surface area (Å²) >= 11 is 1.88. The highest BCUT2D eigenvalue weighted by Gasteiger charge is 2.35. The van der Waals surface area contributed by atoms with Crippen molar-refractivity contribution in [2.45, 2.75) is 25.0 Å². The molecular weight excluding hydrogens is 443 g/mol. The standard InChI is InChI=1S/C25H31FN2O4S/c1-27(24(29)28-9-13-33-14-10-28)22-5-3-19(4-6-22)18-32-23-16-20(15-21(26)17-23)25(30-2)7-11-31-12-8-25/h3-6,15-17H,7-14,18H2,1-2H3. The molecule has 2 heterocycles. The van der Waals surface area contributed by atoms with Gasteiger partial charge in [0, 0.05) is 76.6 Å². The fourth-order valence-electron chi connectivity index (χ4n) is 4.28. The lowest BCUT2D eigenvalue weighted by Crippen LogP contribution is -2.45. The second kappa shape index (κ2) is 10.8.